The van der Waals surface area contributed by atoms with Gasteiger partial charge >= 0.3 is 6.03 Å². The van der Waals surface area contributed by atoms with Gasteiger partial charge in [-0.3, -0.25) is 0 Å². The van der Waals surface area contributed by atoms with Gasteiger partial charge in [-0.2, -0.15) is 5.10 Å². The number of hydrogen-bond acceptors (Lipinski definition) is 6. The van der Waals surface area contributed by atoms with Gasteiger partial charge in [-0.15, -0.1) is 0 Å². The molecule has 0 aliphatic carbocycles. The molecule has 8 heteroatoms. The van der Waals surface area contributed by atoms with Gasteiger partial charge < -0.3 is 24.4 Å². The lowest BCUT2D eigenvalue weighted by Crippen LogP contribution is -2.44. The molecule has 3 heterocycles. The van der Waals surface area contributed by atoms with Crippen molar-refractivity contribution in [2.24, 2.45) is 10.5 Å². The summed E-state index contributed by atoms with van der Waals surface area (Å²) in [7, 11) is 4.88. The predicted molar refractivity (Wildman–Crippen MR) is 131 cm³/mol. The maximum absolute atomic E-state index is 12.7. The third kappa shape index (κ3) is 3.86. The van der Waals surface area contributed by atoms with Gasteiger partial charge in [-0.1, -0.05) is 12.1 Å². The van der Waals surface area contributed by atoms with Crippen LogP contribution in [-0.4, -0.2) is 70.4 Å². The second kappa shape index (κ2) is 8.83. The van der Waals surface area contributed by atoms with E-state index in [2.05, 4.69) is 34.5 Å². The molecule has 2 fully saturated rings. The third-order valence-electron chi connectivity index (χ3n) is 7.19. The summed E-state index contributed by atoms with van der Waals surface area (Å²) in [5.74, 6) is 1.30. The van der Waals surface area contributed by atoms with E-state index in [0.717, 1.165) is 48.7 Å². The molecule has 0 radical (unpaired) electrons. The zero-order chi connectivity index (χ0) is 23.9. The second-order valence-electron chi connectivity index (χ2n) is 9.48. The lowest BCUT2D eigenvalue weighted by atomic mass is 9.85. The van der Waals surface area contributed by atoms with E-state index >= 15 is 0 Å². The Morgan fingerprint density at radius 1 is 1.15 bits per heavy atom. The minimum absolute atomic E-state index is 0.126. The quantitative estimate of drug-likeness (QED) is 0.752. The Morgan fingerprint density at radius 2 is 1.85 bits per heavy atom. The first-order chi connectivity index (χ1) is 16.5. The summed E-state index contributed by atoms with van der Waals surface area (Å²) in [6.45, 7) is 5.82. The van der Waals surface area contributed by atoms with E-state index in [1.54, 1.807) is 21.3 Å². The minimum atomic E-state index is -0.238. The fourth-order valence-electron chi connectivity index (χ4n) is 5.16. The number of hydrazone groups is 1. The molecule has 0 aromatic heterocycles. The van der Waals surface area contributed by atoms with Gasteiger partial charge in [-0.05, 0) is 49.6 Å². The van der Waals surface area contributed by atoms with Crippen LogP contribution in [0.15, 0.2) is 41.5 Å². The first-order valence-electron chi connectivity index (χ1n) is 11.7. The molecule has 3 aliphatic heterocycles. The summed E-state index contributed by atoms with van der Waals surface area (Å²) in [6, 6.07) is 12.1. The zero-order valence-corrected chi connectivity index (χ0v) is 20.3. The number of hydrogen-bond donors (Lipinski definition) is 1. The van der Waals surface area contributed by atoms with Crippen molar-refractivity contribution in [2.45, 2.75) is 25.8 Å². The Kier molecular flexibility index (Phi) is 5.85. The van der Waals surface area contributed by atoms with Gasteiger partial charge in [0.1, 0.15) is 0 Å². The highest BCUT2D eigenvalue weighted by Crippen LogP contribution is 2.40. The number of nitrogens with one attached hydrogen (secondary N) is 1. The molecule has 2 aromatic rings. The molecule has 2 saturated heterocycles. The topological polar surface area (TPSA) is 75.6 Å². The van der Waals surface area contributed by atoms with Crippen LogP contribution in [0.25, 0.3) is 0 Å². The number of urea groups is 1. The largest absolute Gasteiger partial charge is 0.493 e. The molecule has 3 aliphatic rings. The number of nitrogens with zero attached hydrogens (tertiary/aromatic N) is 3. The highest BCUT2D eigenvalue weighted by atomic mass is 16.5. The number of ether oxygens (including phenoxy) is 3. The van der Waals surface area contributed by atoms with E-state index in [9.17, 15) is 4.79 Å². The average molecular weight is 465 g/mol. The van der Waals surface area contributed by atoms with Crippen LogP contribution in [0.3, 0.4) is 0 Å². The van der Waals surface area contributed by atoms with Crippen LogP contribution in [0.2, 0.25) is 0 Å². The Bertz CT molecular complexity index is 1110. The Morgan fingerprint density at radius 3 is 2.44 bits per heavy atom. The maximum Gasteiger partial charge on any atom is 0.337 e. The molecule has 1 atom stereocenters. The fourth-order valence-corrected chi connectivity index (χ4v) is 5.16. The molecule has 5 rings (SSSR count). The smallest absolute Gasteiger partial charge is 0.337 e. The zero-order valence-electron chi connectivity index (χ0n) is 20.3. The highest BCUT2D eigenvalue weighted by molar-refractivity contribution is 6.14. The highest BCUT2D eigenvalue weighted by Gasteiger charge is 2.44. The molecule has 1 spiro atoms. The molecule has 8 nitrogen and oxygen atoms in total. The summed E-state index contributed by atoms with van der Waals surface area (Å²) < 4.78 is 16.6. The van der Waals surface area contributed by atoms with Gasteiger partial charge in [0.25, 0.3) is 0 Å². The van der Waals surface area contributed by atoms with Crippen LogP contribution in [0, 0.1) is 5.41 Å². The van der Waals surface area contributed by atoms with Crippen molar-refractivity contribution in [2.75, 3.05) is 52.5 Å². The molecule has 0 saturated carbocycles. The first-order valence-corrected chi connectivity index (χ1v) is 11.7. The molecular formula is C26H32N4O4. The van der Waals surface area contributed by atoms with Gasteiger partial charge in [0.2, 0.25) is 0 Å². The van der Waals surface area contributed by atoms with Crippen molar-refractivity contribution in [1.29, 1.82) is 0 Å². The molecule has 34 heavy (non-hydrogen) atoms. The van der Waals surface area contributed by atoms with E-state index in [0.29, 0.717) is 23.3 Å². The summed E-state index contributed by atoms with van der Waals surface area (Å²) in [5, 5.41) is 9.10. The van der Waals surface area contributed by atoms with Crippen molar-refractivity contribution in [3.63, 3.8) is 0 Å². The number of fused-ring (bicyclic) bond motifs is 1. The van der Waals surface area contributed by atoms with Crippen LogP contribution in [-0.2, 0) is 11.2 Å². The van der Waals surface area contributed by atoms with Crippen molar-refractivity contribution in [1.82, 2.24) is 10.3 Å². The molecule has 0 bridgehead atoms. The molecule has 1 N–H and O–H groups in total. The monoisotopic (exact) mass is 464 g/mol. The fraction of sp³-hybridized carbons (Fsp3) is 0.462. The number of carbonyl (C=O) groups excluding carboxylic acids is 1. The van der Waals surface area contributed by atoms with Crippen molar-refractivity contribution in [3.8, 4) is 11.5 Å². The SMILES string of the molecule is CNC(=O)N1N=C(c2ccc(N3CCC4(COC4)C3)cc2)c2cc(OC)c(OC)cc2CC1C. The maximum atomic E-state index is 12.7. The minimum Gasteiger partial charge on any atom is -0.493 e. The number of amides is 2. The molecular weight excluding hydrogens is 432 g/mol. The lowest BCUT2D eigenvalue weighted by molar-refractivity contribution is -0.0985. The van der Waals surface area contributed by atoms with Crippen LogP contribution < -0.4 is 19.7 Å². The molecule has 2 amide bonds. The number of carbonyl (C=O) groups is 1. The van der Waals surface area contributed by atoms with Crippen LogP contribution in [0.1, 0.15) is 30.0 Å². The molecule has 1 unspecified atom stereocenters. The van der Waals surface area contributed by atoms with Gasteiger partial charge in [0, 0.05) is 42.4 Å². The summed E-state index contributed by atoms with van der Waals surface area (Å²) in [5.41, 5.74) is 5.22. The Labute approximate surface area is 200 Å². The van der Waals surface area contributed by atoms with E-state index in [-0.39, 0.29) is 12.1 Å². The third-order valence-corrected chi connectivity index (χ3v) is 7.19. The summed E-state index contributed by atoms with van der Waals surface area (Å²) >= 11 is 0. The van der Waals surface area contributed by atoms with Gasteiger partial charge in [0.05, 0.1) is 39.2 Å². The van der Waals surface area contributed by atoms with E-state index in [1.807, 2.05) is 19.1 Å². The molecule has 2 aromatic carbocycles. The number of anilines is 1. The van der Waals surface area contributed by atoms with Crippen LogP contribution >= 0.6 is 0 Å². The van der Waals surface area contributed by atoms with Crippen molar-refractivity contribution < 1.29 is 19.0 Å². The normalized spacial score (nSPS) is 20.8. The van der Waals surface area contributed by atoms with Crippen molar-refractivity contribution >= 4 is 17.4 Å². The first kappa shape index (κ1) is 22.5. The number of rotatable bonds is 4. The number of methoxy groups -OCH3 is 2. The van der Waals surface area contributed by atoms with Crippen LogP contribution in [0.4, 0.5) is 10.5 Å². The van der Waals surface area contributed by atoms with Gasteiger partial charge in [0.15, 0.2) is 11.5 Å². The number of benzene rings is 2. The average Bonchev–Trinajstić information content (AvgIpc) is 3.25. The van der Waals surface area contributed by atoms with Crippen molar-refractivity contribution in [3.05, 3.63) is 53.1 Å². The Hall–Kier alpha value is -3.26. The predicted octanol–water partition coefficient (Wildman–Crippen LogP) is 3.27. The lowest BCUT2D eigenvalue weighted by Gasteiger charge is -2.37. The summed E-state index contributed by atoms with van der Waals surface area (Å²) in [4.78, 5) is 15.1. The van der Waals surface area contributed by atoms with E-state index in [1.165, 1.54) is 17.1 Å². The van der Waals surface area contributed by atoms with Crippen LogP contribution in [0.5, 0.6) is 11.5 Å². The van der Waals surface area contributed by atoms with E-state index < -0.39 is 0 Å². The second-order valence-corrected chi connectivity index (χ2v) is 9.48. The summed E-state index contributed by atoms with van der Waals surface area (Å²) in [6.07, 6.45) is 1.82. The molecule has 180 valence electrons. The van der Waals surface area contributed by atoms with E-state index in [4.69, 9.17) is 19.3 Å². The Balaban J connectivity index is 1.54. The van der Waals surface area contributed by atoms with Gasteiger partial charge in [-0.25, -0.2) is 9.80 Å². The standard InChI is InChI=1S/C26H32N4O4/c1-17-11-19-12-22(32-3)23(33-4)13-21(19)24(28-30(17)25(31)27-2)18-5-7-20(8-6-18)29-10-9-26(14-29)15-34-16-26/h5-8,12-13,17H,9-11,14-16H2,1-4H3,(H,27,31).